The predicted molar refractivity (Wildman–Crippen MR) is 80.3 cm³/mol. The summed E-state index contributed by atoms with van der Waals surface area (Å²) in [6.45, 7) is 0.0699. The molecule has 0 saturated carbocycles. The highest BCUT2D eigenvalue weighted by atomic mass is 19.4. The Kier molecular flexibility index (Phi) is 5.58. The third kappa shape index (κ3) is 5.36. The van der Waals surface area contributed by atoms with Gasteiger partial charge >= 0.3 is 13.5 Å². The van der Waals surface area contributed by atoms with Crippen molar-refractivity contribution in [1.29, 1.82) is 0 Å². The van der Waals surface area contributed by atoms with Crippen molar-refractivity contribution in [1.82, 2.24) is 0 Å². The van der Waals surface area contributed by atoms with E-state index in [0.29, 0.717) is 5.75 Å². The standard InChI is InChI=1S/C15H14BF3O5/c1-22-12-4-2-10(3-5-12)9-23-13-6-11(16(20)21)7-14(8-13)24-15(17,18)19/h2-8,20-21H,9H2,1H3. The molecule has 5 nitrogen and oxygen atoms in total. The fourth-order valence-electron chi connectivity index (χ4n) is 1.91. The van der Waals surface area contributed by atoms with E-state index in [1.807, 2.05) is 0 Å². The van der Waals surface area contributed by atoms with Gasteiger partial charge in [0, 0.05) is 6.07 Å². The van der Waals surface area contributed by atoms with Crippen molar-refractivity contribution in [3.05, 3.63) is 48.0 Å². The van der Waals surface area contributed by atoms with Crippen LogP contribution in [0.25, 0.3) is 0 Å². The van der Waals surface area contributed by atoms with Crippen LogP contribution in [0.4, 0.5) is 13.2 Å². The van der Waals surface area contributed by atoms with Gasteiger partial charge in [0.25, 0.3) is 0 Å². The molecular weight excluding hydrogens is 328 g/mol. The summed E-state index contributed by atoms with van der Waals surface area (Å²) in [5, 5.41) is 18.3. The van der Waals surface area contributed by atoms with E-state index in [0.717, 1.165) is 17.7 Å². The van der Waals surface area contributed by atoms with Gasteiger partial charge in [0.2, 0.25) is 0 Å². The molecular formula is C15H14BF3O5. The van der Waals surface area contributed by atoms with Gasteiger partial charge in [0.05, 0.1) is 7.11 Å². The van der Waals surface area contributed by atoms with Crippen molar-refractivity contribution in [3.8, 4) is 17.2 Å². The minimum atomic E-state index is -4.90. The lowest BCUT2D eigenvalue weighted by Crippen LogP contribution is -2.30. The molecule has 0 aliphatic carbocycles. The molecule has 2 aromatic carbocycles. The van der Waals surface area contributed by atoms with Crippen molar-refractivity contribution in [2.45, 2.75) is 13.0 Å². The molecule has 0 unspecified atom stereocenters. The third-order valence-corrected chi connectivity index (χ3v) is 3.00. The Morgan fingerprint density at radius 3 is 2.12 bits per heavy atom. The molecule has 0 bridgehead atoms. The first-order valence-electron chi connectivity index (χ1n) is 6.79. The van der Waals surface area contributed by atoms with E-state index in [1.165, 1.54) is 13.2 Å². The highest BCUT2D eigenvalue weighted by molar-refractivity contribution is 6.58. The minimum Gasteiger partial charge on any atom is -0.497 e. The quantitative estimate of drug-likeness (QED) is 0.785. The van der Waals surface area contributed by atoms with Crippen molar-refractivity contribution in [3.63, 3.8) is 0 Å². The average molecular weight is 342 g/mol. The lowest BCUT2D eigenvalue weighted by atomic mass is 9.80. The number of halogens is 3. The van der Waals surface area contributed by atoms with Gasteiger partial charge in [-0.25, -0.2) is 0 Å². The molecule has 0 aromatic heterocycles. The number of ether oxygens (including phenoxy) is 3. The number of rotatable bonds is 6. The Balaban J connectivity index is 2.15. The second-order valence-electron chi connectivity index (χ2n) is 4.80. The molecule has 0 heterocycles. The summed E-state index contributed by atoms with van der Waals surface area (Å²) in [6.07, 6.45) is -4.90. The summed E-state index contributed by atoms with van der Waals surface area (Å²) in [5.74, 6) is 0.0681. The molecule has 0 radical (unpaired) electrons. The van der Waals surface area contributed by atoms with Crippen LogP contribution in [0.15, 0.2) is 42.5 Å². The summed E-state index contributed by atoms with van der Waals surface area (Å²) in [4.78, 5) is 0. The van der Waals surface area contributed by atoms with Crippen LogP contribution >= 0.6 is 0 Å². The molecule has 2 N–H and O–H groups in total. The number of benzene rings is 2. The number of hydrogen-bond donors (Lipinski definition) is 2. The molecule has 0 aliphatic heterocycles. The summed E-state index contributed by atoms with van der Waals surface area (Å²) in [6, 6.07) is 10.0. The Hall–Kier alpha value is -2.39. The van der Waals surface area contributed by atoms with Gasteiger partial charge in [0.1, 0.15) is 23.9 Å². The van der Waals surface area contributed by atoms with Gasteiger partial charge in [-0.05, 0) is 35.3 Å². The smallest absolute Gasteiger partial charge is 0.497 e. The zero-order valence-electron chi connectivity index (χ0n) is 12.6. The summed E-state index contributed by atoms with van der Waals surface area (Å²) in [5.41, 5.74) is 0.575. The van der Waals surface area contributed by atoms with E-state index in [2.05, 4.69) is 4.74 Å². The topological polar surface area (TPSA) is 68.2 Å². The molecule has 2 aromatic rings. The van der Waals surface area contributed by atoms with Crippen LogP contribution < -0.4 is 19.7 Å². The molecule has 0 spiro atoms. The van der Waals surface area contributed by atoms with E-state index in [4.69, 9.17) is 19.5 Å². The Labute approximate surface area is 136 Å². The van der Waals surface area contributed by atoms with Crippen molar-refractivity contribution in [2.24, 2.45) is 0 Å². The highest BCUT2D eigenvalue weighted by Gasteiger charge is 2.31. The van der Waals surface area contributed by atoms with Crippen molar-refractivity contribution < 1.29 is 37.4 Å². The first-order valence-corrected chi connectivity index (χ1v) is 6.79. The van der Waals surface area contributed by atoms with E-state index >= 15 is 0 Å². The molecule has 0 fully saturated rings. The molecule has 24 heavy (non-hydrogen) atoms. The fourth-order valence-corrected chi connectivity index (χ4v) is 1.91. The Bertz CT molecular complexity index is 674. The summed E-state index contributed by atoms with van der Waals surface area (Å²) >= 11 is 0. The molecule has 128 valence electrons. The fraction of sp³-hybridized carbons (Fsp3) is 0.200. The maximum Gasteiger partial charge on any atom is 0.573 e. The molecule has 9 heteroatoms. The highest BCUT2D eigenvalue weighted by Crippen LogP contribution is 2.26. The summed E-state index contributed by atoms with van der Waals surface area (Å²) < 4.78 is 51.2. The number of alkyl halides is 3. The maximum atomic E-state index is 12.3. The van der Waals surface area contributed by atoms with Crippen LogP contribution in [-0.2, 0) is 6.61 Å². The Morgan fingerprint density at radius 2 is 1.58 bits per heavy atom. The van der Waals surface area contributed by atoms with E-state index in [-0.39, 0.29) is 17.8 Å². The van der Waals surface area contributed by atoms with Crippen LogP contribution in [-0.4, -0.2) is 30.6 Å². The number of hydrogen-bond acceptors (Lipinski definition) is 5. The second-order valence-corrected chi connectivity index (χ2v) is 4.80. The lowest BCUT2D eigenvalue weighted by Gasteiger charge is -2.13. The van der Waals surface area contributed by atoms with E-state index < -0.39 is 19.2 Å². The van der Waals surface area contributed by atoms with Gasteiger partial charge in [0.15, 0.2) is 0 Å². The van der Waals surface area contributed by atoms with Crippen LogP contribution in [0.5, 0.6) is 17.2 Å². The molecule has 0 atom stereocenters. The maximum absolute atomic E-state index is 12.3. The molecule has 0 saturated heterocycles. The van der Waals surface area contributed by atoms with E-state index in [1.54, 1.807) is 24.3 Å². The van der Waals surface area contributed by atoms with Gasteiger partial charge in [-0.1, -0.05) is 12.1 Å². The van der Waals surface area contributed by atoms with Crippen LogP contribution in [0.3, 0.4) is 0 Å². The third-order valence-electron chi connectivity index (χ3n) is 3.00. The first kappa shape index (κ1) is 18.0. The zero-order chi connectivity index (χ0) is 17.7. The van der Waals surface area contributed by atoms with Crippen molar-refractivity contribution in [2.75, 3.05) is 7.11 Å². The second kappa shape index (κ2) is 7.46. The number of methoxy groups -OCH3 is 1. The van der Waals surface area contributed by atoms with Crippen LogP contribution in [0, 0.1) is 0 Å². The van der Waals surface area contributed by atoms with Crippen LogP contribution in [0.2, 0.25) is 0 Å². The lowest BCUT2D eigenvalue weighted by molar-refractivity contribution is -0.274. The van der Waals surface area contributed by atoms with Crippen LogP contribution in [0.1, 0.15) is 5.56 Å². The SMILES string of the molecule is COc1ccc(COc2cc(OC(F)(F)F)cc(B(O)O)c2)cc1. The largest absolute Gasteiger partial charge is 0.573 e. The average Bonchev–Trinajstić information content (AvgIpc) is 2.51. The summed E-state index contributed by atoms with van der Waals surface area (Å²) in [7, 11) is -0.426. The van der Waals surface area contributed by atoms with Crippen molar-refractivity contribution >= 4 is 12.6 Å². The van der Waals surface area contributed by atoms with Gasteiger partial charge < -0.3 is 24.3 Å². The van der Waals surface area contributed by atoms with Gasteiger partial charge in [-0.15, -0.1) is 13.2 Å². The predicted octanol–water partition coefficient (Wildman–Crippen LogP) is 1.85. The first-order chi connectivity index (χ1) is 11.3. The molecule has 0 amide bonds. The van der Waals surface area contributed by atoms with Gasteiger partial charge in [-0.2, -0.15) is 0 Å². The normalized spacial score (nSPS) is 11.1. The Morgan fingerprint density at radius 1 is 0.958 bits per heavy atom. The molecule has 0 aliphatic rings. The minimum absolute atomic E-state index is 0.00988. The van der Waals surface area contributed by atoms with Gasteiger partial charge in [-0.3, -0.25) is 0 Å². The molecule has 2 rings (SSSR count). The zero-order valence-corrected chi connectivity index (χ0v) is 12.6. The van der Waals surface area contributed by atoms with E-state index in [9.17, 15) is 13.2 Å². The monoisotopic (exact) mass is 342 g/mol.